The van der Waals surface area contributed by atoms with Gasteiger partial charge < -0.3 is 16.4 Å². The minimum atomic E-state index is 0.284. The number of amidine groups is 1. The van der Waals surface area contributed by atoms with Gasteiger partial charge in [-0.3, -0.25) is 9.98 Å². The summed E-state index contributed by atoms with van der Waals surface area (Å²) in [4.78, 5) is 8.81. The van der Waals surface area contributed by atoms with Gasteiger partial charge in [-0.05, 0) is 26.8 Å². The lowest BCUT2D eigenvalue weighted by molar-refractivity contribution is 0.576. The zero-order valence-corrected chi connectivity index (χ0v) is 10.5. The fourth-order valence-electron chi connectivity index (χ4n) is 1.67. The van der Waals surface area contributed by atoms with Gasteiger partial charge in [0.2, 0.25) is 0 Å². The highest BCUT2D eigenvalue weighted by atomic mass is 15.2. The van der Waals surface area contributed by atoms with Crippen molar-refractivity contribution in [2.24, 2.45) is 15.7 Å². The fraction of sp³-hybridized carbons (Fsp3) is 0.818. The molecule has 0 aromatic rings. The molecule has 1 aliphatic rings. The van der Waals surface area contributed by atoms with Crippen LogP contribution in [0, 0.1) is 0 Å². The number of hydrogen-bond acceptors (Lipinski definition) is 4. The summed E-state index contributed by atoms with van der Waals surface area (Å²) in [6.07, 6.45) is 1.92. The first-order valence-electron chi connectivity index (χ1n) is 5.98. The maximum Gasteiger partial charge on any atom is 0.194 e. The highest BCUT2D eigenvalue weighted by Crippen LogP contribution is 2.05. The van der Waals surface area contributed by atoms with E-state index < -0.39 is 0 Å². The van der Waals surface area contributed by atoms with E-state index in [1.807, 2.05) is 0 Å². The second-order valence-corrected chi connectivity index (χ2v) is 4.27. The molecule has 0 amide bonds. The number of nitrogens with zero attached hydrogens (tertiary/aromatic N) is 2. The topological polar surface area (TPSA) is 74.8 Å². The summed E-state index contributed by atoms with van der Waals surface area (Å²) in [7, 11) is 0. The van der Waals surface area contributed by atoms with E-state index in [1.165, 1.54) is 0 Å². The minimum Gasteiger partial charge on any atom is -0.370 e. The van der Waals surface area contributed by atoms with Crippen LogP contribution in [0.25, 0.3) is 0 Å². The highest BCUT2D eigenvalue weighted by Gasteiger charge is 2.11. The van der Waals surface area contributed by atoms with Crippen LogP contribution in [0.15, 0.2) is 9.98 Å². The summed E-state index contributed by atoms with van der Waals surface area (Å²) in [6.45, 7) is 8.04. The number of rotatable bonds is 4. The van der Waals surface area contributed by atoms with Crippen molar-refractivity contribution in [3.05, 3.63) is 0 Å². The van der Waals surface area contributed by atoms with E-state index >= 15 is 0 Å². The summed E-state index contributed by atoms with van der Waals surface area (Å²) < 4.78 is 0. The Bertz CT molecular complexity index is 272. The largest absolute Gasteiger partial charge is 0.370 e. The second kappa shape index (κ2) is 6.48. The first-order chi connectivity index (χ1) is 7.61. The second-order valence-electron chi connectivity index (χ2n) is 4.27. The number of guanidine groups is 1. The summed E-state index contributed by atoms with van der Waals surface area (Å²) in [5.41, 5.74) is 5.72. The van der Waals surface area contributed by atoms with Gasteiger partial charge >= 0.3 is 0 Å². The molecule has 5 nitrogen and oxygen atoms in total. The smallest absolute Gasteiger partial charge is 0.194 e. The SMILES string of the molecule is CCNC(C)CN=C1CCC(C)N=C(N)N1. The molecule has 0 radical (unpaired) electrons. The van der Waals surface area contributed by atoms with Gasteiger partial charge in [-0.1, -0.05) is 6.92 Å². The molecule has 0 aliphatic carbocycles. The molecule has 1 aliphatic heterocycles. The summed E-state index contributed by atoms with van der Waals surface area (Å²) in [5.74, 6) is 1.44. The van der Waals surface area contributed by atoms with Crippen molar-refractivity contribution in [2.45, 2.75) is 45.7 Å². The average molecular weight is 225 g/mol. The Balaban J connectivity index is 2.47. The van der Waals surface area contributed by atoms with Gasteiger partial charge in [0.25, 0.3) is 0 Å². The Morgan fingerprint density at radius 3 is 3.12 bits per heavy atom. The van der Waals surface area contributed by atoms with Crippen LogP contribution >= 0.6 is 0 Å². The lowest BCUT2D eigenvalue weighted by atomic mass is 10.2. The van der Waals surface area contributed by atoms with Gasteiger partial charge in [-0.15, -0.1) is 0 Å². The van der Waals surface area contributed by atoms with Gasteiger partial charge in [0.1, 0.15) is 5.84 Å². The van der Waals surface area contributed by atoms with E-state index in [0.29, 0.717) is 12.0 Å². The molecule has 0 bridgehead atoms. The van der Waals surface area contributed by atoms with Crippen LogP contribution in [0.2, 0.25) is 0 Å². The van der Waals surface area contributed by atoms with Crippen molar-refractivity contribution in [1.29, 1.82) is 0 Å². The third-order valence-corrected chi connectivity index (χ3v) is 2.54. The predicted octanol–water partition coefficient (Wildman–Crippen LogP) is 0.470. The third-order valence-electron chi connectivity index (χ3n) is 2.54. The molecule has 16 heavy (non-hydrogen) atoms. The van der Waals surface area contributed by atoms with Crippen molar-refractivity contribution in [3.63, 3.8) is 0 Å². The zero-order chi connectivity index (χ0) is 12.0. The van der Waals surface area contributed by atoms with Crippen molar-refractivity contribution in [2.75, 3.05) is 13.1 Å². The molecule has 4 N–H and O–H groups in total. The lowest BCUT2D eigenvalue weighted by Crippen LogP contribution is -2.37. The number of aliphatic imine (C=N–C) groups is 2. The van der Waals surface area contributed by atoms with E-state index in [-0.39, 0.29) is 6.04 Å². The van der Waals surface area contributed by atoms with Crippen LogP contribution in [0.1, 0.15) is 33.6 Å². The quantitative estimate of drug-likeness (QED) is 0.651. The molecule has 0 fully saturated rings. The molecule has 1 heterocycles. The number of nitrogens with one attached hydrogen (secondary N) is 2. The standard InChI is InChI=1S/C11H23N5/c1-4-13-9(3)7-14-10-6-5-8(2)15-11(12)16-10/h8-9,13H,4-7H2,1-3H3,(H3,12,14,15,16). The summed E-state index contributed by atoms with van der Waals surface area (Å²) >= 11 is 0. The average Bonchev–Trinajstić information content (AvgIpc) is 2.37. The number of hydrogen-bond donors (Lipinski definition) is 3. The van der Waals surface area contributed by atoms with Crippen LogP contribution in [-0.4, -0.2) is 37.0 Å². The molecule has 5 heteroatoms. The molecule has 0 aromatic heterocycles. The van der Waals surface area contributed by atoms with E-state index in [2.05, 4.69) is 41.4 Å². The van der Waals surface area contributed by atoms with Crippen molar-refractivity contribution >= 4 is 11.8 Å². The fourth-order valence-corrected chi connectivity index (χ4v) is 1.67. The minimum absolute atomic E-state index is 0.284. The molecule has 2 unspecified atom stereocenters. The van der Waals surface area contributed by atoms with Crippen molar-refractivity contribution < 1.29 is 0 Å². The van der Waals surface area contributed by atoms with Gasteiger partial charge in [-0.2, -0.15) is 0 Å². The molecule has 0 spiro atoms. The van der Waals surface area contributed by atoms with Crippen LogP contribution in [0.5, 0.6) is 0 Å². The maximum atomic E-state index is 5.72. The van der Waals surface area contributed by atoms with Crippen LogP contribution < -0.4 is 16.4 Å². The van der Waals surface area contributed by atoms with E-state index in [0.717, 1.165) is 31.8 Å². The Labute approximate surface area is 97.6 Å². The van der Waals surface area contributed by atoms with E-state index in [9.17, 15) is 0 Å². The Morgan fingerprint density at radius 2 is 2.44 bits per heavy atom. The number of nitrogens with two attached hydrogens (primary N) is 1. The molecule has 2 atom stereocenters. The Hall–Kier alpha value is -1.10. The van der Waals surface area contributed by atoms with Crippen LogP contribution in [0.4, 0.5) is 0 Å². The number of likely N-dealkylation sites (N-methyl/N-ethyl adjacent to an activating group) is 1. The van der Waals surface area contributed by atoms with Crippen LogP contribution in [-0.2, 0) is 0 Å². The predicted molar refractivity (Wildman–Crippen MR) is 68.9 cm³/mol. The van der Waals surface area contributed by atoms with E-state index in [1.54, 1.807) is 0 Å². The van der Waals surface area contributed by atoms with Gasteiger partial charge in [0.05, 0.1) is 12.6 Å². The first kappa shape index (κ1) is 13.0. The monoisotopic (exact) mass is 225 g/mol. The zero-order valence-electron chi connectivity index (χ0n) is 10.5. The molecule has 92 valence electrons. The lowest BCUT2D eigenvalue weighted by Gasteiger charge is -2.11. The molecular weight excluding hydrogens is 202 g/mol. The van der Waals surface area contributed by atoms with Gasteiger partial charge in [0, 0.05) is 12.5 Å². The van der Waals surface area contributed by atoms with Crippen molar-refractivity contribution in [1.82, 2.24) is 10.6 Å². The summed E-state index contributed by atoms with van der Waals surface area (Å²) in [6, 6.07) is 0.685. The van der Waals surface area contributed by atoms with Gasteiger partial charge in [-0.25, -0.2) is 0 Å². The maximum absolute atomic E-state index is 5.72. The molecule has 1 rings (SSSR count). The molecular formula is C11H23N5. The van der Waals surface area contributed by atoms with E-state index in [4.69, 9.17) is 5.73 Å². The third kappa shape index (κ3) is 4.61. The molecule has 0 saturated heterocycles. The summed E-state index contributed by atoms with van der Waals surface area (Å²) in [5, 5.41) is 6.38. The molecule has 0 saturated carbocycles. The Kier molecular flexibility index (Phi) is 5.25. The van der Waals surface area contributed by atoms with Crippen molar-refractivity contribution in [3.8, 4) is 0 Å². The van der Waals surface area contributed by atoms with Crippen LogP contribution in [0.3, 0.4) is 0 Å². The Morgan fingerprint density at radius 1 is 1.69 bits per heavy atom. The highest BCUT2D eigenvalue weighted by molar-refractivity contribution is 5.99. The van der Waals surface area contributed by atoms with Gasteiger partial charge in [0.15, 0.2) is 5.96 Å². The normalized spacial score (nSPS) is 25.8. The first-order valence-corrected chi connectivity index (χ1v) is 5.98. The molecule has 0 aromatic carbocycles.